The van der Waals surface area contributed by atoms with Gasteiger partial charge in [0.2, 0.25) is 5.60 Å². The molecule has 0 bridgehead atoms. The van der Waals surface area contributed by atoms with Gasteiger partial charge in [-0.2, -0.15) is 18.3 Å². The average Bonchev–Trinajstić information content (AvgIpc) is 2.99. The number of alkyl halides is 3. The van der Waals surface area contributed by atoms with Crippen LogP contribution in [0.2, 0.25) is 0 Å². The van der Waals surface area contributed by atoms with Crippen molar-refractivity contribution in [3.63, 3.8) is 0 Å². The van der Waals surface area contributed by atoms with Gasteiger partial charge in [-0.1, -0.05) is 23.8 Å². The minimum absolute atomic E-state index is 0.290. The van der Waals surface area contributed by atoms with Crippen LogP contribution >= 0.6 is 0 Å². The van der Waals surface area contributed by atoms with Gasteiger partial charge < -0.3 is 9.84 Å². The molecule has 0 spiro atoms. The molecule has 2 N–H and O–H groups in total. The number of hydrogen-bond acceptors (Lipinski definition) is 3. The zero-order valence-corrected chi connectivity index (χ0v) is 14.6. The van der Waals surface area contributed by atoms with Crippen molar-refractivity contribution in [2.45, 2.75) is 32.5 Å². The van der Waals surface area contributed by atoms with Gasteiger partial charge in [-0.15, -0.1) is 0 Å². The molecule has 0 amide bonds. The Balaban J connectivity index is 1.98. The van der Waals surface area contributed by atoms with Crippen LogP contribution in [0.4, 0.5) is 13.2 Å². The Kier molecular flexibility index (Phi) is 4.44. The van der Waals surface area contributed by atoms with Gasteiger partial charge in [0.15, 0.2) is 0 Å². The zero-order valence-electron chi connectivity index (χ0n) is 14.6. The Labute approximate surface area is 148 Å². The second kappa shape index (κ2) is 6.32. The van der Waals surface area contributed by atoms with E-state index in [1.54, 1.807) is 13.8 Å². The van der Waals surface area contributed by atoms with Crippen molar-refractivity contribution in [1.82, 2.24) is 10.2 Å². The summed E-state index contributed by atoms with van der Waals surface area (Å²) in [6.07, 6.45) is -3.50. The van der Waals surface area contributed by atoms with Gasteiger partial charge in [0.05, 0.1) is 11.7 Å². The third-order valence-electron chi connectivity index (χ3n) is 4.42. The Morgan fingerprint density at radius 1 is 1.08 bits per heavy atom. The molecule has 3 rings (SSSR count). The largest absolute Gasteiger partial charge is 0.489 e. The topological polar surface area (TPSA) is 58.1 Å². The molecule has 1 unspecified atom stereocenters. The third-order valence-corrected chi connectivity index (χ3v) is 4.42. The van der Waals surface area contributed by atoms with Crippen molar-refractivity contribution in [2.24, 2.45) is 0 Å². The number of nitrogens with zero attached hydrogens (tertiary/aromatic N) is 1. The molecule has 1 atom stereocenters. The van der Waals surface area contributed by atoms with Crippen LogP contribution in [0.3, 0.4) is 0 Å². The first-order chi connectivity index (χ1) is 12.1. The van der Waals surface area contributed by atoms with E-state index in [9.17, 15) is 18.3 Å². The summed E-state index contributed by atoms with van der Waals surface area (Å²) >= 11 is 0. The minimum Gasteiger partial charge on any atom is -0.489 e. The Morgan fingerprint density at radius 2 is 1.73 bits per heavy atom. The summed E-state index contributed by atoms with van der Waals surface area (Å²) in [7, 11) is 0. The number of halogens is 3. The van der Waals surface area contributed by atoms with E-state index in [4.69, 9.17) is 4.74 Å². The first-order valence-electron chi connectivity index (χ1n) is 8.05. The van der Waals surface area contributed by atoms with Gasteiger partial charge in [-0.25, -0.2) is 0 Å². The quantitative estimate of drug-likeness (QED) is 0.725. The molecular formula is C19H19F3N2O2. The molecule has 0 saturated heterocycles. The van der Waals surface area contributed by atoms with Crippen LogP contribution in [0.15, 0.2) is 36.5 Å². The predicted molar refractivity (Wildman–Crippen MR) is 92.2 cm³/mol. The fraction of sp³-hybridized carbons (Fsp3) is 0.316. The van der Waals surface area contributed by atoms with Crippen molar-refractivity contribution < 1.29 is 23.0 Å². The Bertz CT molecular complexity index is 926. The lowest BCUT2D eigenvalue weighted by atomic mass is 9.93. The number of aromatic nitrogens is 2. The third kappa shape index (κ3) is 3.14. The van der Waals surface area contributed by atoms with Crippen molar-refractivity contribution in [3.05, 3.63) is 58.8 Å². The number of aryl methyl sites for hydroxylation is 3. The standard InChI is InChI=1S/C19H19F3N2O2/c1-11-6-12(2)17(13(3)7-11)26-10-18(25,19(20,21)22)15-4-5-16-14(8-15)9-23-24-16/h4-9,25H,10H2,1-3H3,(H,23,24). The summed E-state index contributed by atoms with van der Waals surface area (Å²) in [6, 6.07) is 7.60. The summed E-state index contributed by atoms with van der Waals surface area (Å²) < 4.78 is 46.7. The molecule has 7 heteroatoms. The van der Waals surface area contributed by atoms with Gasteiger partial charge in [0.25, 0.3) is 0 Å². The fourth-order valence-corrected chi connectivity index (χ4v) is 3.10. The lowest BCUT2D eigenvalue weighted by Crippen LogP contribution is -2.47. The summed E-state index contributed by atoms with van der Waals surface area (Å²) in [5, 5.41) is 17.5. The highest BCUT2D eigenvalue weighted by Gasteiger charge is 2.56. The number of ether oxygens (including phenoxy) is 1. The van der Waals surface area contributed by atoms with E-state index >= 15 is 0 Å². The average molecular weight is 364 g/mol. The number of nitrogens with one attached hydrogen (secondary N) is 1. The number of hydrogen-bond donors (Lipinski definition) is 2. The van der Waals surface area contributed by atoms with E-state index in [2.05, 4.69) is 10.2 Å². The molecule has 0 fully saturated rings. The molecule has 1 heterocycles. The fourth-order valence-electron chi connectivity index (χ4n) is 3.10. The Hall–Kier alpha value is -2.54. The normalized spacial score (nSPS) is 14.4. The van der Waals surface area contributed by atoms with Crippen LogP contribution in [-0.4, -0.2) is 28.1 Å². The van der Waals surface area contributed by atoms with Crippen molar-refractivity contribution in [1.29, 1.82) is 0 Å². The molecule has 1 aromatic heterocycles. The van der Waals surface area contributed by atoms with E-state index in [-0.39, 0.29) is 5.56 Å². The maximum Gasteiger partial charge on any atom is 0.424 e. The number of fused-ring (bicyclic) bond motifs is 1. The molecule has 0 aliphatic heterocycles. The van der Waals surface area contributed by atoms with Gasteiger partial charge in [-0.3, -0.25) is 5.10 Å². The van der Waals surface area contributed by atoms with Crippen molar-refractivity contribution in [3.8, 4) is 5.75 Å². The highest BCUT2D eigenvalue weighted by molar-refractivity contribution is 5.78. The molecule has 0 aliphatic carbocycles. The van der Waals surface area contributed by atoms with Gasteiger partial charge in [-0.05, 0) is 49.6 Å². The maximum absolute atomic E-state index is 13.7. The second-order valence-electron chi connectivity index (χ2n) is 6.55. The summed E-state index contributed by atoms with van der Waals surface area (Å²) in [5.74, 6) is 0.350. The van der Waals surface area contributed by atoms with Crippen LogP contribution in [-0.2, 0) is 5.60 Å². The number of aliphatic hydroxyl groups is 1. The van der Waals surface area contributed by atoms with E-state index in [0.29, 0.717) is 16.7 Å². The minimum atomic E-state index is -4.91. The van der Waals surface area contributed by atoms with E-state index in [1.165, 1.54) is 24.4 Å². The summed E-state index contributed by atoms with van der Waals surface area (Å²) in [6.45, 7) is 4.49. The van der Waals surface area contributed by atoms with Crippen LogP contribution < -0.4 is 4.74 Å². The van der Waals surface area contributed by atoms with E-state index in [1.807, 2.05) is 19.1 Å². The molecule has 0 radical (unpaired) electrons. The van der Waals surface area contributed by atoms with Crippen molar-refractivity contribution in [2.75, 3.05) is 6.61 Å². The molecule has 4 nitrogen and oxygen atoms in total. The van der Waals surface area contributed by atoms with Gasteiger partial charge >= 0.3 is 6.18 Å². The summed E-state index contributed by atoms with van der Waals surface area (Å²) in [5.41, 5.74) is -0.411. The molecule has 2 aromatic carbocycles. The number of aromatic amines is 1. The number of H-pyrrole nitrogens is 1. The molecule has 0 saturated carbocycles. The SMILES string of the molecule is Cc1cc(C)c(OCC(O)(c2ccc3[nH]ncc3c2)C(F)(F)F)c(C)c1. The number of rotatable bonds is 4. The lowest BCUT2D eigenvalue weighted by Gasteiger charge is -2.31. The highest BCUT2D eigenvalue weighted by Crippen LogP contribution is 2.40. The smallest absolute Gasteiger partial charge is 0.424 e. The first-order valence-corrected chi connectivity index (χ1v) is 8.05. The molecule has 26 heavy (non-hydrogen) atoms. The van der Waals surface area contributed by atoms with E-state index in [0.717, 1.165) is 16.7 Å². The molecule has 3 aromatic rings. The number of benzene rings is 2. The van der Waals surface area contributed by atoms with Crippen LogP contribution in [0.1, 0.15) is 22.3 Å². The van der Waals surface area contributed by atoms with Crippen molar-refractivity contribution >= 4 is 10.9 Å². The predicted octanol–water partition coefficient (Wildman–Crippen LogP) is 4.32. The van der Waals surface area contributed by atoms with Crippen LogP contribution in [0.5, 0.6) is 5.75 Å². The van der Waals surface area contributed by atoms with E-state index < -0.39 is 18.4 Å². The van der Waals surface area contributed by atoms with Crippen LogP contribution in [0, 0.1) is 20.8 Å². The molecule has 138 valence electrons. The van der Waals surface area contributed by atoms with Gasteiger partial charge in [0.1, 0.15) is 12.4 Å². The monoisotopic (exact) mass is 364 g/mol. The Morgan fingerprint density at radius 3 is 2.35 bits per heavy atom. The lowest BCUT2D eigenvalue weighted by molar-refractivity contribution is -0.275. The first kappa shape index (κ1) is 18.3. The van der Waals surface area contributed by atoms with Crippen LogP contribution in [0.25, 0.3) is 10.9 Å². The maximum atomic E-state index is 13.7. The second-order valence-corrected chi connectivity index (χ2v) is 6.55. The zero-order chi connectivity index (χ0) is 19.1. The molecule has 0 aliphatic rings. The molecular weight excluding hydrogens is 345 g/mol. The summed E-state index contributed by atoms with van der Waals surface area (Å²) in [4.78, 5) is 0. The van der Waals surface area contributed by atoms with Gasteiger partial charge in [0, 0.05) is 5.39 Å². The highest BCUT2D eigenvalue weighted by atomic mass is 19.4.